The maximum absolute atomic E-state index is 12.9. The van der Waals surface area contributed by atoms with Gasteiger partial charge >= 0.3 is 0 Å². The molecule has 1 aliphatic rings. The van der Waals surface area contributed by atoms with Gasteiger partial charge in [0.05, 0.1) is 40.7 Å². The first-order chi connectivity index (χ1) is 18.4. The summed E-state index contributed by atoms with van der Waals surface area (Å²) in [6.07, 6.45) is 6.18. The SMILES string of the molecule is O=[N+]([O-])c1cccc(-c2csc(=Nc3ccc(S(=O)(=O)N4CCOCC4)cc3)n2CCCn2ccnc2)c1. The van der Waals surface area contributed by atoms with Gasteiger partial charge < -0.3 is 13.9 Å². The zero-order valence-corrected chi connectivity index (χ0v) is 22.1. The Bertz CT molecular complexity index is 1570. The zero-order valence-electron chi connectivity index (χ0n) is 20.4. The number of aromatic nitrogens is 3. The third kappa shape index (κ3) is 5.75. The summed E-state index contributed by atoms with van der Waals surface area (Å²) in [5.41, 5.74) is 2.19. The minimum Gasteiger partial charge on any atom is -0.379 e. The lowest BCUT2D eigenvalue weighted by molar-refractivity contribution is -0.384. The van der Waals surface area contributed by atoms with Crippen LogP contribution in [0.1, 0.15) is 6.42 Å². The fourth-order valence-electron chi connectivity index (χ4n) is 4.21. The Hall–Kier alpha value is -3.65. The summed E-state index contributed by atoms with van der Waals surface area (Å²) >= 11 is 1.43. The van der Waals surface area contributed by atoms with Crippen LogP contribution in [0.2, 0.25) is 0 Å². The highest BCUT2D eigenvalue weighted by molar-refractivity contribution is 7.89. The number of ether oxygens (including phenoxy) is 1. The molecule has 0 radical (unpaired) electrons. The number of nitro groups is 1. The standard InChI is InChI=1S/C25H26N6O5S2/c32-31(33)22-4-1-3-20(17-22)24-18-37-25(30(24)11-2-10-28-12-9-26-19-28)27-21-5-7-23(8-6-21)38(34,35)29-13-15-36-16-14-29/h1,3-9,12,17-19H,2,10-11,13-16H2. The van der Waals surface area contributed by atoms with Crippen LogP contribution in [0.25, 0.3) is 11.3 Å². The quantitative estimate of drug-likeness (QED) is 0.230. The second kappa shape index (κ2) is 11.4. The van der Waals surface area contributed by atoms with Gasteiger partial charge in [-0.3, -0.25) is 10.1 Å². The van der Waals surface area contributed by atoms with Gasteiger partial charge in [0.1, 0.15) is 0 Å². The van der Waals surface area contributed by atoms with Crippen LogP contribution in [0.4, 0.5) is 11.4 Å². The molecular weight excluding hydrogens is 528 g/mol. The van der Waals surface area contributed by atoms with Crippen molar-refractivity contribution in [2.24, 2.45) is 4.99 Å². The van der Waals surface area contributed by atoms with Gasteiger partial charge in [-0.2, -0.15) is 4.31 Å². The zero-order chi connectivity index (χ0) is 26.5. The molecule has 11 nitrogen and oxygen atoms in total. The third-order valence-corrected chi connectivity index (χ3v) is 8.95. The number of benzene rings is 2. The monoisotopic (exact) mass is 554 g/mol. The summed E-state index contributed by atoms with van der Waals surface area (Å²) in [6.45, 7) is 2.83. The van der Waals surface area contributed by atoms with E-state index in [0.717, 1.165) is 24.2 Å². The maximum atomic E-state index is 12.9. The average Bonchev–Trinajstić information content (AvgIpc) is 3.60. The number of nitrogens with zero attached hydrogens (tertiary/aromatic N) is 6. The normalized spacial score (nSPS) is 15.1. The second-order valence-corrected chi connectivity index (χ2v) is 11.4. The largest absolute Gasteiger partial charge is 0.379 e. The van der Waals surface area contributed by atoms with Crippen molar-refractivity contribution in [3.63, 3.8) is 0 Å². The summed E-state index contributed by atoms with van der Waals surface area (Å²) in [6, 6.07) is 13.1. The number of hydrogen-bond acceptors (Lipinski definition) is 8. The van der Waals surface area contributed by atoms with Crippen molar-refractivity contribution < 1.29 is 18.1 Å². The van der Waals surface area contributed by atoms with Crippen LogP contribution in [0.5, 0.6) is 0 Å². The number of nitro benzene ring substituents is 1. The maximum Gasteiger partial charge on any atom is 0.270 e. The molecule has 198 valence electrons. The van der Waals surface area contributed by atoms with E-state index in [4.69, 9.17) is 9.73 Å². The first-order valence-corrected chi connectivity index (χ1v) is 14.4. The van der Waals surface area contributed by atoms with Gasteiger partial charge in [0.2, 0.25) is 10.0 Å². The number of imidazole rings is 1. The van der Waals surface area contributed by atoms with E-state index < -0.39 is 14.9 Å². The molecule has 1 aliphatic heterocycles. The van der Waals surface area contributed by atoms with E-state index in [0.29, 0.717) is 43.3 Å². The molecule has 1 fully saturated rings. The number of sulfonamides is 1. The molecule has 2 aromatic carbocycles. The fourth-order valence-corrected chi connectivity index (χ4v) is 6.58. The summed E-state index contributed by atoms with van der Waals surface area (Å²) in [5, 5.41) is 13.3. The first kappa shape index (κ1) is 26.0. The van der Waals surface area contributed by atoms with Crippen molar-refractivity contribution in [1.82, 2.24) is 18.4 Å². The molecule has 0 atom stereocenters. The summed E-state index contributed by atoms with van der Waals surface area (Å²) in [5.74, 6) is 0. The van der Waals surface area contributed by atoms with Gasteiger partial charge in [0.25, 0.3) is 5.69 Å². The van der Waals surface area contributed by atoms with Crippen molar-refractivity contribution in [2.45, 2.75) is 24.4 Å². The number of hydrogen-bond donors (Lipinski definition) is 0. The minimum atomic E-state index is -3.59. The van der Waals surface area contributed by atoms with E-state index in [9.17, 15) is 18.5 Å². The van der Waals surface area contributed by atoms with Crippen LogP contribution in [0.3, 0.4) is 0 Å². The molecule has 5 rings (SSSR count). The Kier molecular flexibility index (Phi) is 7.79. The molecule has 0 saturated carbocycles. The Balaban J connectivity index is 1.46. The van der Waals surface area contributed by atoms with Crippen LogP contribution in [-0.2, 0) is 27.8 Å². The van der Waals surface area contributed by atoms with E-state index in [2.05, 4.69) is 4.98 Å². The fraction of sp³-hybridized carbons (Fsp3) is 0.280. The van der Waals surface area contributed by atoms with Crippen molar-refractivity contribution >= 4 is 32.7 Å². The van der Waals surface area contributed by atoms with Gasteiger partial charge in [-0.15, -0.1) is 11.3 Å². The Morgan fingerprint density at radius 3 is 2.61 bits per heavy atom. The molecule has 3 heterocycles. The number of non-ortho nitro benzene ring substituents is 1. The molecule has 0 aliphatic carbocycles. The predicted octanol–water partition coefficient (Wildman–Crippen LogP) is 3.66. The predicted molar refractivity (Wildman–Crippen MR) is 142 cm³/mol. The van der Waals surface area contributed by atoms with Gasteiger partial charge in [-0.25, -0.2) is 18.4 Å². The number of thiazole rings is 1. The van der Waals surface area contributed by atoms with Crippen LogP contribution in [0, 0.1) is 10.1 Å². The van der Waals surface area contributed by atoms with Crippen LogP contribution >= 0.6 is 11.3 Å². The van der Waals surface area contributed by atoms with Crippen LogP contribution in [-0.4, -0.2) is 58.1 Å². The van der Waals surface area contributed by atoms with E-state index in [1.165, 1.54) is 21.7 Å². The second-order valence-electron chi connectivity index (χ2n) is 8.64. The van der Waals surface area contributed by atoms with Crippen molar-refractivity contribution in [3.05, 3.63) is 87.5 Å². The van der Waals surface area contributed by atoms with Crippen molar-refractivity contribution in [3.8, 4) is 11.3 Å². The van der Waals surface area contributed by atoms with Crippen LogP contribution in [0.15, 0.2) is 82.5 Å². The average molecular weight is 555 g/mol. The molecule has 1 saturated heterocycles. The lowest BCUT2D eigenvalue weighted by Crippen LogP contribution is -2.40. The number of rotatable bonds is 9. The summed E-state index contributed by atoms with van der Waals surface area (Å²) in [7, 11) is -3.59. The number of morpholine rings is 1. The third-order valence-electron chi connectivity index (χ3n) is 6.18. The highest BCUT2D eigenvalue weighted by atomic mass is 32.2. The minimum absolute atomic E-state index is 0.0224. The van der Waals surface area contributed by atoms with Gasteiger partial charge in [0.15, 0.2) is 4.80 Å². The van der Waals surface area contributed by atoms with Crippen LogP contribution < -0.4 is 4.80 Å². The molecule has 38 heavy (non-hydrogen) atoms. The Morgan fingerprint density at radius 2 is 1.89 bits per heavy atom. The van der Waals surface area contributed by atoms with E-state index in [1.807, 2.05) is 26.8 Å². The Labute approximate surface area is 223 Å². The van der Waals surface area contributed by atoms with E-state index in [-0.39, 0.29) is 10.6 Å². The Morgan fingerprint density at radius 1 is 1.11 bits per heavy atom. The van der Waals surface area contributed by atoms with Crippen molar-refractivity contribution in [1.29, 1.82) is 0 Å². The van der Waals surface area contributed by atoms with Gasteiger partial charge in [-0.05, 0) is 30.7 Å². The van der Waals surface area contributed by atoms with Crippen molar-refractivity contribution in [2.75, 3.05) is 26.3 Å². The molecule has 0 amide bonds. The topological polar surface area (TPSA) is 125 Å². The summed E-state index contributed by atoms with van der Waals surface area (Å²) < 4.78 is 36.6. The molecule has 0 unspecified atom stereocenters. The van der Waals surface area contributed by atoms with E-state index >= 15 is 0 Å². The van der Waals surface area contributed by atoms with E-state index in [1.54, 1.807) is 48.9 Å². The lowest BCUT2D eigenvalue weighted by atomic mass is 10.1. The molecule has 2 aromatic heterocycles. The molecule has 0 N–H and O–H groups in total. The van der Waals surface area contributed by atoms with Gasteiger partial charge in [0, 0.05) is 61.6 Å². The molecule has 0 spiro atoms. The number of aryl methyl sites for hydroxylation is 1. The lowest BCUT2D eigenvalue weighted by Gasteiger charge is -2.26. The smallest absolute Gasteiger partial charge is 0.270 e. The first-order valence-electron chi connectivity index (χ1n) is 12.0. The molecule has 4 aromatic rings. The highest BCUT2D eigenvalue weighted by Gasteiger charge is 2.26. The molecule has 0 bridgehead atoms. The highest BCUT2D eigenvalue weighted by Crippen LogP contribution is 2.26. The van der Waals surface area contributed by atoms with Gasteiger partial charge in [-0.1, -0.05) is 12.1 Å². The molecule has 13 heteroatoms. The summed E-state index contributed by atoms with van der Waals surface area (Å²) in [4.78, 5) is 20.7. The molecular formula is C25H26N6O5S2.